The molecule has 4 aromatic rings. The summed E-state index contributed by atoms with van der Waals surface area (Å²) in [5, 5.41) is 5.73. The van der Waals surface area contributed by atoms with Crippen LogP contribution in [0.5, 0.6) is 5.75 Å². The lowest BCUT2D eigenvalue weighted by Crippen LogP contribution is -2.17. The Labute approximate surface area is 136 Å². The van der Waals surface area contributed by atoms with E-state index in [0.717, 1.165) is 37.9 Å². The van der Waals surface area contributed by atoms with Gasteiger partial charge in [0.05, 0.1) is 0 Å². The first-order valence-electron chi connectivity index (χ1n) is 7.53. The minimum Gasteiger partial charge on any atom is -0.406 e. The van der Waals surface area contributed by atoms with Crippen LogP contribution >= 0.6 is 0 Å². The van der Waals surface area contributed by atoms with E-state index >= 15 is 0 Å². The van der Waals surface area contributed by atoms with Crippen molar-refractivity contribution in [2.45, 2.75) is 13.3 Å². The highest BCUT2D eigenvalue weighted by Crippen LogP contribution is 2.37. The van der Waals surface area contributed by atoms with Crippen LogP contribution in [0.1, 0.15) is 5.56 Å². The highest BCUT2D eigenvalue weighted by molar-refractivity contribution is 6.25. The Morgan fingerprint density at radius 2 is 1.21 bits per heavy atom. The van der Waals surface area contributed by atoms with Gasteiger partial charge in [0.2, 0.25) is 0 Å². The van der Waals surface area contributed by atoms with E-state index in [1.165, 1.54) is 12.1 Å². The fraction of sp³-hybridized carbons (Fsp3) is 0.100. The molecule has 4 aromatic carbocycles. The van der Waals surface area contributed by atoms with Crippen LogP contribution in [0.4, 0.5) is 13.2 Å². The largest absolute Gasteiger partial charge is 0.573 e. The van der Waals surface area contributed by atoms with E-state index in [1.54, 1.807) is 6.07 Å². The summed E-state index contributed by atoms with van der Waals surface area (Å²) < 4.78 is 41.7. The van der Waals surface area contributed by atoms with Crippen molar-refractivity contribution in [3.8, 4) is 5.75 Å². The van der Waals surface area contributed by atoms with Gasteiger partial charge in [-0.3, -0.25) is 0 Å². The van der Waals surface area contributed by atoms with E-state index in [0.29, 0.717) is 0 Å². The van der Waals surface area contributed by atoms with Crippen molar-refractivity contribution in [2.24, 2.45) is 0 Å². The number of halogens is 3. The van der Waals surface area contributed by atoms with E-state index < -0.39 is 6.36 Å². The molecular weight excluding hydrogens is 313 g/mol. The Morgan fingerprint density at radius 1 is 0.667 bits per heavy atom. The average Bonchev–Trinajstić information content (AvgIpc) is 2.53. The molecule has 0 spiro atoms. The third-order valence-electron chi connectivity index (χ3n) is 4.20. The summed E-state index contributed by atoms with van der Waals surface area (Å²) in [5.41, 5.74) is 1.14. The van der Waals surface area contributed by atoms with E-state index in [2.05, 4.69) is 10.8 Å². The molecule has 1 nitrogen and oxygen atoms in total. The van der Waals surface area contributed by atoms with Crippen LogP contribution < -0.4 is 4.74 Å². The Hall–Kier alpha value is -2.75. The molecule has 24 heavy (non-hydrogen) atoms. The predicted molar refractivity (Wildman–Crippen MR) is 90.4 cm³/mol. The van der Waals surface area contributed by atoms with Gasteiger partial charge in [-0.05, 0) is 51.4 Å². The van der Waals surface area contributed by atoms with Crippen LogP contribution in [0.15, 0.2) is 60.7 Å². The van der Waals surface area contributed by atoms with Crippen molar-refractivity contribution < 1.29 is 17.9 Å². The first-order valence-corrected chi connectivity index (χ1v) is 7.53. The van der Waals surface area contributed by atoms with Crippen LogP contribution in [-0.4, -0.2) is 6.36 Å². The molecule has 0 aliphatic rings. The van der Waals surface area contributed by atoms with Crippen molar-refractivity contribution in [1.29, 1.82) is 0 Å². The number of fused-ring (bicyclic) bond motifs is 6. The van der Waals surface area contributed by atoms with Gasteiger partial charge in [-0.1, -0.05) is 54.1 Å². The smallest absolute Gasteiger partial charge is 0.406 e. The summed E-state index contributed by atoms with van der Waals surface area (Å²) in [5.74, 6) is -0.202. The SMILES string of the molecule is Cc1ccc2c3ccc(OC(F)(F)F)cc3c3ccccc3c2c1. The van der Waals surface area contributed by atoms with Gasteiger partial charge in [-0.25, -0.2) is 0 Å². The van der Waals surface area contributed by atoms with Crippen molar-refractivity contribution in [2.75, 3.05) is 0 Å². The average molecular weight is 326 g/mol. The van der Waals surface area contributed by atoms with Crippen LogP contribution in [0.25, 0.3) is 32.3 Å². The number of alkyl halides is 3. The molecule has 0 aromatic heterocycles. The molecule has 0 bridgehead atoms. The third kappa shape index (κ3) is 2.44. The molecule has 0 amide bonds. The molecule has 0 fully saturated rings. The van der Waals surface area contributed by atoms with Crippen LogP contribution in [0.2, 0.25) is 0 Å². The van der Waals surface area contributed by atoms with Crippen molar-refractivity contribution in [3.63, 3.8) is 0 Å². The summed E-state index contributed by atoms with van der Waals surface area (Å²) >= 11 is 0. The monoisotopic (exact) mass is 326 g/mol. The lowest BCUT2D eigenvalue weighted by atomic mass is 9.93. The summed E-state index contributed by atoms with van der Waals surface area (Å²) in [6.07, 6.45) is -4.70. The highest BCUT2D eigenvalue weighted by Gasteiger charge is 2.31. The van der Waals surface area contributed by atoms with Crippen LogP contribution in [0, 0.1) is 6.92 Å². The van der Waals surface area contributed by atoms with Crippen LogP contribution in [0.3, 0.4) is 0 Å². The maximum Gasteiger partial charge on any atom is 0.573 e. The van der Waals surface area contributed by atoms with E-state index in [-0.39, 0.29) is 5.75 Å². The van der Waals surface area contributed by atoms with Gasteiger partial charge >= 0.3 is 6.36 Å². The van der Waals surface area contributed by atoms with Crippen molar-refractivity contribution in [3.05, 3.63) is 66.2 Å². The van der Waals surface area contributed by atoms with Gasteiger partial charge in [0.1, 0.15) is 5.75 Å². The van der Waals surface area contributed by atoms with Crippen LogP contribution in [-0.2, 0) is 0 Å². The van der Waals surface area contributed by atoms with Gasteiger partial charge in [0, 0.05) is 0 Å². The molecule has 4 rings (SSSR count). The molecule has 0 N–H and O–H groups in total. The van der Waals surface area contributed by atoms with Gasteiger partial charge in [-0.2, -0.15) is 0 Å². The fourth-order valence-electron chi connectivity index (χ4n) is 3.25. The molecule has 0 saturated heterocycles. The molecule has 120 valence electrons. The maximum absolute atomic E-state index is 12.5. The summed E-state index contributed by atoms with van der Waals surface area (Å²) in [4.78, 5) is 0. The summed E-state index contributed by atoms with van der Waals surface area (Å²) in [7, 11) is 0. The number of hydrogen-bond acceptors (Lipinski definition) is 1. The first kappa shape index (κ1) is 14.8. The molecule has 0 atom stereocenters. The molecular formula is C20H13F3O. The van der Waals surface area contributed by atoms with Gasteiger partial charge in [0.25, 0.3) is 0 Å². The fourth-order valence-corrected chi connectivity index (χ4v) is 3.25. The Bertz CT molecular complexity index is 1060. The Morgan fingerprint density at radius 3 is 1.83 bits per heavy atom. The predicted octanol–water partition coefficient (Wildman–Crippen LogP) is 6.35. The summed E-state index contributed by atoms with van der Waals surface area (Å²) in [6.45, 7) is 2.03. The zero-order valence-corrected chi connectivity index (χ0v) is 12.8. The zero-order chi connectivity index (χ0) is 16.9. The Kier molecular flexibility index (Phi) is 3.17. The molecule has 0 radical (unpaired) electrons. The molecule has 0 heterocycles. The highest BCUT2D eigenvalue weighted by atomic mass is 19.4. The number of rotatable bonds is 1. The molecule has 0 aliphatic carbocycles. The molecule has 0 aliphatic heterocycles. The molecule has 0 unspecified atom stereocenters. The Balaban J connectivity index is 2.13. The second-order valence-corrected chi connectivity index (χ2v) is 5.85. The lowest BCUT2D eigenvalue weighted by molar-refractivity contribution is -0.274. The second-order valence-electron chi connectivity index (χ2n) is 5.85. The van der Waals surface area contributed by atoms with Gasteiger partial charge in [0.15, 0.2) is 0 Å². The zero-order valence-electron chi connectivity index (χ0n) is 12.8. The number of aryl methyl sites for hydroxylation is 1. The third-order valence-corrected chi connectivity index (χ3v) is 4.20. The van der Waals surface area contributed by atoms with E-state index in [1.807, 2.05) is 43.3 Å². The van der Waals surface area contributed by atoms with Crippen molar-refractivity contribution in [1.82, 2.24) is 0 Å². The first-order chi connectivity index (χ1) is 11.4. The minimum atomic E-state index is -4.70. The standard InChI is InChI=1S/C20H13F3O/c1-12-6-8-16-17-9-7-13(24-20(21,22)23)11-19(17)15-5-3-2-4-14(15)18(16)10-12/h2-11H,1H3. The molecule has 4 heteroatoms. The topological polar surface area (TPSA) is 9.23 Å². The minimum absolute atomic E-state index is 0.202. The number of ether oxygens (including phenoxy) is 1. The summed E-state index contributed by atoms with van der Waals surface area (Å²) in [6, 6.07) is 18.4. The van der Waals surface area contributed by atoms with Crippen molar-refractivity contribution >= 4 is 32.3 Å². The second kappa shape index (κ2) is 5.13. The van der Waals surface area contributed by atoms with Gasteiger partial charge in [-0.15, -0.1) is 13.2 Å². The lowest BCUT2D eigenvalue weighted by Gasteiger charge is -2.13. The van der Waals surface area contributed by atoms with E-state index in [4.69, 9.17) is 0 Å². The number of hydrogen-bond donors (Lipinski definition) is 0. The quantitative estimate of drug-likeness (QED) is 0.370. The molecule has 0 saturated carbocycles. The van der Waals surface area contributed by atoms with Gasteiger partial charge < -0.3 is 4.74 Å². The number of benzene rings is 4. The normalized spacial score (nSPS) is 12.2. The maximum atomic E-state index is 12.5. The van der Waals surface area contributed by atoms with E-state index in [9.17, 15) is 13.2 Å².